The minimum Gasteiger partial charge on any atom is -0.458 e. The van der Waals surface area contributed by atoms with Crippen molar-refractivity contribution >= 4 is 18.0 Å². The van der Waals surface area contributed by atoms with E-state index in [9.17, 15) is 14.4 Å². The van der Waals surface area contributed by atoms with E-state index in [1.54, 1.807) is 45.0 Å². The van der Waals surface area contributed by atoms with Gasteiger partial charge in [-0.1, -0.05) is 60.7 Å². The molecule has 2 amide bonds. The van der Waals surface area contributed by atoms with Crippen molar-refractivity contribution in [2.75, 3.05) is 13.6 Å². The van der Waals surface area contributed by atoms with E-state index in [1.807, 2.05) is 36.4 Å². The molecular weight excluding hydrogens is 420 g/mol. The summed E-state index contributed by atoms with van der Waals surface area (Å²) < 4.78 is 19.0. The lowest BCUT2D eigenvalue weighted by Gasteiger charge is -2.33. The van der Waals surface area contributed by atoms with E-state index in [0.29, 0.717) is 24.9 Å². The SMILES string of the molecule is [2H]CN(C(=O)OCc1ccccc1)C(C(=O)N1CCC[C@H]1C(=O)OC(C)(C)C)c1ccccc1. The molecule has 1 fully saturated rings. The van der Waals surface area contributed by atoms with Crippen LogP contribution in [0.5, 0.6) is 0 Å². The number of benzene rings is 2. The third-order valence-corrected chi connectivity index (χ3v) is 5.32. The second-order valence-corrected chi connectivity index (χ2v) is 9.05. The fourth-order valence-corrected chi connectivity index (χ4v) is 3.80. The number of hydrogen-bond acceptors (Lipinski definition) is 5. The van der Waals surface area contributed by atoms with E-state index >= 15 is 0 Å². The maximum absolute atomic E-state index is 13.8. The number of esters is 1. The van der Waals surface area contributed by atoms with Crippen LogP contribution in [-0.2, 0) is 25.7 Å². The average Bonchev–Trinajstić information content (AvgIpc) is 3.31. The Morgan fingerprint density at radius 3 is 2.33 bits per heavy atom. The largest absolute Gasteiger partial charge is 0.458 e. The Hall–Kier alpha value is -3.35. The molecule has 7 heteroatoms. The second kappa shape index (κ2) is 10.5. The van der Waals surface area contributed by atoms with Gasteiger partial charge in [-0.15, -0.1) is 0 Å². The number of carbonyl (C=O) groups excluding carboxylic acids is 3. The van der Waals surface area contributed by atoms with Crippen molar-refractivity contribution in [1.82, 2.24) is 9.80 Å². The number of likely N-dealkylation sites (tertiary alicyclic amines) is 1. The summed E-state index contributed by atoms with van der Waals surface area (Å²) in [5.41, 5.74) is 0.668. The topological polar surface area (TPSA) is 76.2 Å². The number of amides is 2. The van der Waals surface area contributed by atoms with Crippen molar-refractivity contribution in [2.45, 2.75) is 57.9 Å². The molecule has 0 saturated carbocycles. The first kappa shape index (κ1) is 22.8. The first-order valence-electron chi connectivity index (χ1n) is 11.8. The molecule has 1 saturated heterocycles. The van der Waals surface area contributed by atoms with Crippen LogP contribution >= 0.6 is 0 Å². The summed E-state index contributed by atoms with van der Waals surface area (Å²) in [4.78, 5) is 42.2. The van der Waals surface area contributed by atoms with E-state index < -0.39 is 42.7 Å². The zero-order valence-electron chi connectivity index (χ0n) is 20.4. The lowest BCUT2D eigenvalue weighted by molar-refractivity contribution is -0.164. The Balaban J connectivity index is 1.85. The predicted molar refractivity (Wildman–Crippen MR) is 124 cm³/mol. The minimum atomic E-state index is -1.09. The lowest BCUT2D eigenvalue weighted by atomic mass is 10.0. The van der Waals surface area contributed by atoms with Crippen molar-refractivity contribution in [3.05, 3.63) is 71.8 Å². The maximum Gasteiger partial charge on any atom is 0.410 e. The Kier molecular flexibility index (Phi) is 7.27. The van der Waals surface area contributed by atoms with Crippen LogP contribution in [0, 0.1) is 0 Å². The molecule has 0 aliphatic carbocycles. The molecule has 2 aromatic carbocycles. The van der Waals surface area contributed by atoms with Crippen LogP contribution in [-0.4, -0.2) is 53.0 Å². The monoisotopic (exact) mass is 453 g/mol. The minimum absolute atomic E-state index is 0.0239. The van der Waals surface area contributed by atoms with Gasteiger partial charge in [-0.2, -0.15) is 0 Å². The van der Waals surface area contributed by atoms with Gasteiger partial charge in [0.25, 0.3) is 5.91 Å². The number of nitrogens with zero attached hydrogens (tertiary/aromatic N) is 2. The molecule has 1 heterocycles. The van der Waals surface area contributed by atoms with Crippen LogP contribution in [0.3, 0.4) is 0 Å². The molecule has 7 nitrogen and oxygen atoms in total. The molecule has 1 aliphatic rings. The summed E-state index contributed by atoms with van der Waals surface area (Å²) >= 11 is 0. The Labute approximate surface area is 196 Å². The highest BCUT2D eigenvalue weighted by Gasteiger charge is 2.42. The normalized spacial score (nSPS) is 17.1. The van der Waals surface area contributed by atoms with Gasteiger partial charge in [0.05, 0.1) is 0 Å². The zero-order valence-corrected chi connectivity index (χ0v) is 19.4. The molecule has 0 N–H and O–H groups in total. The number of hydrogen-bond donors (Lipinski definition) is 0. The first-order valence-corrected chi connectivity index (χ1v) is 11.1. The van der Waals surface area contributed by atoms with Gasteiger partial charge in [0.15, 0.2) is 0 Å². The van der Waals surface area contributed by atoms with E-state index in [-0.39, 0.29) is 6.61 Å². The highest BCUT2D eigenvalue weighted by molar-refractivity contribution is 5.91. The van der Waals surface area contributed by atoms with Gasteiger partial charge in [-0.25, -0.2) is 9.59 Å². The van der Waals surface area contributed by atoms with Crippen LogP contribution in [0.2, 0.25) is 0 Å². The molecule has 2 atom stereocenters. The van der Waals surface area contributed by atoms with Gasteiger partial charge < -0.3 is 14.4 Å². The Morgan fingerprint density at radius 2 is 1.73 bits per heavy atom. The van der Waals surface area contributed by atoms with Crippen molar-refractivity contribution in [3.63, 3.8) is 0 Å². The van der Waals surface area contributed by atoms with E-state index in [2.05, 4.69) is 0 Å². The molecule has 3 rings (SSSR count). The molecule has 176 valence electrons. The van der Waals surface area contributed by atoms with Crippen LogP contribution < -0.4 is 0 Å². The van der Waals surface area contributed by atoms with Gasteiger partial charge >= 0.3 is 12.1 Å². The molecule has 1 unspecified atom stereocenters. The van der Waals surface area contributed by atoms with Crippen molar-refractivity contribution < 1.29 is 25.2 Å². The quantitative estimate of drug-likeness (QED) is 0.609. The van der Waals surface area contributed by atoms with Gasteiger partial charge in [-0.3, -0.25) is 9.69 Å². The van der Waals surface area contributed by atoms with E-state index in [0.717, 1.165) is 10.5 Å². The van der Waals surface area contributed by atoms with Crippen LogP contribution in [0.1, 0.15) is 52.2 Å². The average molecular weight is 454 g/mol. The van der Waals surface area contributed by atoms with Gasteiger partial charge in [-0.05, 0) is 44.7 Å². The fraction of sp³-hybridized carbons (Fsp3) is 0.423. The summed E-state index contributed by atoms with van der Waals surface area (Å²) in [7, 11) is -0.482. The van der Waals surface area contributed by atoms with Crippen molar-refractivity contribution in [3.8, 4) is 0 Å². The van der Waals surface area contributed by atoms with Crippen LogP contribution in [0.25, 0.3) is 0 Å². The number of likely N-dealkylation sites (N-methyl/N-ethyl adjacent to an activating group) is 1. The van der Waals surface area contributed by atoms with Crippen LogP contribution in [0.15, 0.2) is 60.7 Å². The summed E-state index contributed by atoms with van der Waals surface area (Å²) in [6, 6.07) is 16.2. The Bertz CT molecular complexity index is 978. The maximum atomic E-state index is 13.8. The molecule has 1 aliphatic heterocycles. The summed E-state index contributed by atoms with van der Waals surface area (Å²) in [6.45, 7) is 5.74. The number of carbonyl (C=O) groups is 3. The molecule has 0 bridgehead atoms. The second-order valence-electron chi connectivity index (χ2n) is 9.05. The highest BCUT2D eigenvalue weighted by atomic mass is 16.6. The third kappa shape index (κ3) is 6.34. The summed E-state index contributed by atoms with van der Waals surface area (Å²) in [5, 5.41) is 0. The highest BCUT2D eigenvalue weighted by Crippen LogP contribution is 2.29. The standard InChI is InChI=1S/C26H32N2O5/c1-26(2,3)33-24(30)21-16-11-17-28(21)23(29)22(20-14-9-6-10-15-20)27(4)25(31)32-18-19-12-7-5-8-13-19/h5-10,12-15,21-22H,11,16-18H2,1-4H3/t21-,22?/m0/s1/i4D. The molecule has 0 spiro atoms. The lowest BCUT2D eigenvalue weighted by Crippen LogP contribution is -2.49. The van der Waals surface area contributed by atoms with Gasteiger partial charge in [0, 0.05) is 14.9 Å². The van der Waals surface area contributed by atoms with Crippen molar-refractivity contribution in [2.24, 2.45) is 0 Å². The van der Waals surface area contributed by atoms with Gasteiger partial charge in [0.1, 0.15) is 24.3 Å². The molecule has 2 aromatic rings. The third-order valence-electron chi connectivity index (χ3n) is 5.32. The summed E-state index contributed by atoms with van der Waals surface area (Å²) in [5.74, 6) is -0.891. The Morgan fingerprint density at radius 1 is 1.09 bits per heavy atom. The summed E-state index contributed by atoms with van der Waals surface area (Å²) in [6.07, 6.45) is 0.368. The van der Waals surface area contributed by atoms with E-state index in [1.165, 1.54) is 4.90 Å². The van der Waals surface area contributed by atoms with Crippen molar-refractivity contribution in [1.29, 1.82) is 0 Å². The van der Waals surface area contributed by atoms with E-state index in [4.69, 9.17) is 10.8 Å². The smallest absolute Gasteiger partial charge is 0.410 e. The molecule has 0 radical (unpaired) electrons. The molecule has 33 heavy (non-hydrogen) atoms. The predicted octanol–water partition coefficient (Wildman–Crippen LogP) is 4.33. The first-order chi connectivity index (χ1) is 16.2. The van der Waals surface area contributed by atoms with Gasteiger partial charge in [0.2, 0.25) is 0 Å². The fourth-order valence-electron chi connectivity index (χ4n) is 3.80. The number of ether oxygens (including phenoxy) is 2. The molecular formula is C26H32N2O5. The number of rotatable bonds is 6. The van der Waals surface area contributed by atoms with Crippen LogP contribution in [0.4, 0.5) is 4.79 Å². The zero-order chi connectivity index (χ0) is 24.7. The molecule has 0 aromatic heterocycles.